The molecule has 0 aromatic heterocycles. The van der Waals surface area contributed by atoms with Crippen molar-refractivity contribution in [1.82, 2.24) is 4.90 Å². The van der Waals surface area contributed by atoms with Crippen LogP contribution in [0.3, 0.4) is 0 Å². The van der Waals surface area contributed by atoms with Gasteiger partial charge in [0.15, 0.2) is 0 Å². The number of nitrogens with two attached hydrogens (primary N) is 1. The Kier molecular flexibility index (Phi) is 28.8. The molecular formula is C33H62N2O5S. The van der Waals surface area contributed by atoms with Gasteiger partial charge in [0, 0.05) is 5.75 Å². The van der Waals surface area contributed by atoms with E-state index in [2.05, 4.69) is 20.8 Å². The summed E-state index contributed by atoms with van der Waals surface area (Å²) in [6.07, 6.45) is 24.7. The number of allylic oxidation sites excluding steroid dienone is 1. The van der Waals surface area contributed by atoms with Gasteiger partial charge in [0.05, 0.1) is 0 Å². The average Bonchev–Trinajstić information content (AvgIpc) is 2.95. The number of unbranched alkanes of at least 4 members (excludes halogenated alkanes) is 13. The van der Waals surface area contributed by atoms with Gasteiger partial charge in [-0.15, -0.1) is 0 Å². The van der Waals surface area contributed by atoms with Crippen LogP contribution in [0, 0.1) is 0 Å². The summed E-state index contributed by atoms with van der Waals surface area (Å²) in [6, 6.07) is 0. The van der Waals surface area contributed by atoms with E-state index in [0.717, 1.165) is 63.1 Å². The van der Waals surface area contributed by atoms with Crippen molar-refractivity contribution in [3.8, 4) is 0 Å². The predicted molar refractivity (Wildman–Crippen MR) is 173 cm³/mol. The lowest BCUT2D eigenvalue weighted by Crippen LogP contribution is -2.39. The molecule has 0 aromatic carbocycles. The molecule has 7 nitrogen and oxygen atoms in total. The third-order valence-corrected chi connectivity index (χ3v) is 8.01. The van der Waals surface area contributed by atoms with E-state index in [1.165, 1.54) is 69.1 Å². The van der Waals surface area contributed by atoms with E-state index < -0.39 is 11.9 Å². The van der Waals surface area contributed by atoms with Gasteiger partial charge in [-0.05, 0) is 51.5 Å². The first-order chi connectivity index (χ1) is 20.0. The standard InChI is InChI=1S/C33H62N2O5S/c1-4-7-10-13-15-18-21-26-39-31(36)28-35(33(38)41-27-22-25-34)29-32(37)40-30(23-19-16-12-9-6-3)24-20-17-14-11-8-5-2/h18,21,30H,4-17,19-20,22-29,34H2,1-3H3/b21-18-. The molecule has 0 aliphatic carbocycles. The molecule has 1 amide bonds. The largest absolute Gasteiger partial charge is 0.461 e. The summed E-state index contributed by atoms with van der Waals surface area (Å²) in [4.78, 5) is 39.6. The molecule has 0 spiro atoms. The smallest absolute Gasteiger partial charge is 0.326 e. The van der Waals surface area contributed by atoms with Crippen molar-refractivity contribution in [1.29, 1.82) is 0 Å². The Morgan fingerprint density at radius 1 is 0.707 bits per heavy atom. The van der Waals surface area contributed by atoms with Gasteiger partial charge in [-0.3, -0.25) is 14.4 Å². The third kappa shape index (κ3) is 25.9. The highest BCUT2D eigenvalue weighted by molar-refractivity contribution is 8.13. The first-order valence-electron chi connectivity index (χ1n) is 16.6. The van der Waals surface area contributed by atoms with Crippen LogP contribution in [0.15, 0.2) is 12.2 Å². The number of carbonyl (C=O) groups excluding carboxylic acids is 3. The molecule has 0 aliphatic rings. The zero-order valence-corrected chi connectivity index (χ0v) is 27.5. The molecule has 41 heavy (non-hydrogen) atoms. The Morgan fingerprint density at radius 2 is 1.24 bits per heavy atom. The average molecular weight is 599 g/mol. The SMILES string of the molecule is CCCCCC/C=C\COC(=O)CN(CC(=O)OC(CCCCCCC)CCCCCCCC)C(=O)SCCCN. The number of rotatable bonds is 28. The molecule has 0 fully saturated rings. The molecule has 0 saturated heterocycles. The monoisotopic (exact) mass is 598 g/mol. The molecular weight excluding hydrogens is 536 g/mol. The van der Waals surface area contributed by atoms with Gasteiger partial charge in [0.2, 0.25) is 0 Å². The lowest BCUT2D eigenvalue weighted by molar-refractivity contribution is -0.151. The van der Waals surface area contributed by atoms with Crippen LogP contribution in [-0.4, -0.2) is 60.2 Å². The second-order valence-corrected chi connectivity index (χ2v) is 12.0. The van der Waals surface area contributed by atoms with Crippen LogP contribution < -0.4 is 5.73 Å². The Balaban J connectivity index is 4.93. The fourth-order valence-electron chi connectivity index (χ4n) is 4.51. The summed E-state index contributed by atoms with van der Waals surface area (Å²) >= 11 is 1.08. The van der Waals surface area contributed by atoms with Crippen molar-refractivity contribution in [2.75, 3.05) is 32.0 Å². The maximum absolute atomic E-state index is 13.0. The van der Waals surface area contributed by atoms with Gasteiger partial charge in [-0.2, -0.15) is 0 Å². The number of hydrogen-bond acceptors (Lipinski definition) is 7. The number of hydrogen-bond donors (Lipinski definition) is 1. The summed E-state index contributed by atoms with van der Waals surface area (Å²) < 4.78 is 11.2. The summed E-state index contributed by atoms with van der Waals surface area (Å²) in [5.41, 5.74) is 5.57. The van der Waals surface area contributed by atoms with Gasteiger partial charge < -0.3 is 20.1 Å². The molecule has 0 heterocycles. The second-order valence-electron chi connectivity index (χ2n) is 11.0. The minimum Gasteiger partial charge on any atom is -0.461 e. The van der Waals surface area contributed by atoms with Gasteiger partial charge in [0.25, 0.3) is 5.24 Å². The summed E-state index contributed by atoms with van der Waals surface area (Å²) in [6.45, 7) is 6.72. The van der Waals surface area contributed by atoms with E-state index in [9.17, 15) is 14.4 Å². The molecule has 0 saturated carbocycles. The number of thioether (sulfide) groups is 1. The van der Waals surface area contributed by atoms with Crippen molar-refractivity contribution < 1.29 is 23.9 Å². The zero-order chi connectivity index (χ0) is 30.4. The number of amides is 1. The Bertz CT molecular complexity index is 674. The van der Waals surface area contributed by atoms with Crippen LogP contribution >= 0.6 is 11.8 Å². The minimum absolute atomic E-state index is 0.147. The lowest BCUT2D eigenvalue weighted by atomic mass is 10.0. The second kappa shape index (κ2) is 29.9. The fourth-order valence-corrected chi connectivity index (χ4v) is 5.30. The number of carbonyl (C=O) groups is 3. The predicted octanol–water partition coefficient (Wildman–Crippen LogP) is 8.58. The van der Waals surface area contributed by atoms with E-state index in [4.69, 9.17) is 15.2 Å². The van der Waals surface area contributed by atoms with Crippen molar-refractivity contribution in [3.05, 3.63) is 12.2 Å². The number of ether oxygens (including phenoxy) is 2. The number of nitrogens with zero attached hydrogens (tertiary/aromatic N) is 1. The third-order valence-electron chi connectivity index (χ3n) is 7.01. The Morgan fingerprint density at radius 3 is 1.83 bits per heavy atom. The molecule has 2 N–H and O–H groups in total. The van der Waals surface area contributed by atoms with Crippen molar-refractivity contribution in [3.63, 3.8) is 0 Å². The summed E-state index contributed by atoms with van der Waals surface area (Å²) in [7, 11) is 0. The highest BCUT2D eigenvalue weighted by Gasteiger charge is 2.24. The summed E-state index contributed by atoms with van der Waals surface area (Å²) in [5, 5.41) is -0.328. The molecule has 0 rings (SSSR count). The highest BCUT2D eigenvalue weighted by atomic mass is 32.2. The van der Waals surface area contributed by atoms with E-state index in [-0.39, 0.29) is 31.0 Å². The van der Waals surface area contributed by atoms with E-state index in [1.807, 2.05) is 12.2 Å². The Labute approximate surface area is 256 Å². The van der Waals surface area contributed by atoms with Gasteiger partial charge in [-0.1, -0.05) is 122 Å². The maximum atomic E-state index is 13.0. The van der Waals surface area contributed by atoms with Crippen molar-refractivity contribution in [2.45, 2.75) is 149 Å². The molecule has 8 heteroatoms. The molecule has 0 aliphatic heterocycles. The molecule has 240 valence electrons. The van der Waals surface area contributed by atoms with Crippen LogP contribution in [0.4, 0.5) is 4.79 Å². The quantitative estimate of drug-likeness (QED) is 0.0547. The molecule has 1 unspecified atom stereocenters. The van der Waals surface area contributed by atoms with E-state index >= 15 is 0 Å². The summed E-state index contributed by atoms with van der Waals surface area (Å²) in [5.74, 6) is -0.447. The molecule has 0 radical (unpaired) electrons. The lowest BCUT2D eigenvalue weighted by Gasteiger charge is -2.23. The van der Waals surface area contributed by atoms with Gasteiger partial charge in [-0.25, -0.2) is 0 Å². The number of esters is 2. The zero-order valence-electron chi connectivity index (χ0n) is 26.7. The van der Waals surface area contributed by atoms with Gasteiger partial charge in [0.1, 0.15) is 25.8 Å². The first kappa shape index (κ1) is 39.5. The van der Waals surface area contributed by atoms with Crippen molar-refractivity contribution in [2.24, 2.45) is 5.73 Å². The maximum Gasteiger partial charge on any atom is 0.326 e. The van der Waals surface area contributed by atoms with Crippen LogP contribution in [0.2, 0.25) is 0 Å². The molecule has 0 aromatic rings. The van der Waals surface area contributed by atoms with Crippen LogP contribution in [0.5, 0.6) is 0 Å². The van der Waals surface area contributed by atoms with E-state index in [1.54, 1.807) is 0 Å². The fraction of sp³-hybridized carbons (Fsp3) is 0.848. The Hall–Kier alpha value is -1.54. The highest BCUT2D eigenvalue weighted by Crippen LogP contribution is 2.18. The van der Waals surface area contributed by atoms with Crippen LogP contribution in [0.25, 0.3) is 0 Å². The molecule has 1 atom stereocenters. The van der Waals surface area contributed by atoms with E-state index in [0.29, 0.717) is 18.7 Å². The van der Waals surface area contributed by atoms with Crippen molar-refractivity contribution >= 4 is 28.9 Å². The normalized spacial score (nSPS) is 12.0. The minimum atomic E-state index is -0.527. The van der Waals surface area contributed by atoms with Gasteiger partial charge >= 0.3 is 11.9 Å². The molecule has 0 bridgehead atoms. The topological polar surface area (TPSA) is 98.9 Å². The van der Waals surface area contributed by atoms with Crippen LogP contribution in [-0.2, 0) is 19.1 Å². The first-order valence-corrected chi connectivity index (χ1v) is 17.6. The van der Waals surface area contributed by atoms with Crippen LogP contribution in [0.1, 0.15) is 143 Å².